The number of carboxylic acids is 1. The second-order valence-corrected chi connectivity index (χ2v) is 4.17. The summed E-state index contributed by atoms with van der Waals surface area (Å²) in [4.78, 5) is 28.4. The number of rotatable bonds is 5. The molecule has 0 amide bonds. The lowest BCUT2D eigenvalue weighted by atomic mass is 10.2. The van der Waals surface area contributed by atoms with E-state index in [1.165, 1.54) is 0 Å². The number of hydrogen-bond donors (Lipinski definition) is 2. The van der Waals surface area contributed by atoms with Gasteiger partial charge in [0.05, 0.1) is 0 Å². The Balaban J connectivity index is 2.09. The van der Waals surface area contributed by atoms with Crippen LogP contribution in [0.25, 0.3) is 0 Å². The molecule has 0 aliphatic rings. The van der Waals surface area contributed by atoms with Gasteiger partial charge in [0.2, 0.25) is 0 Å². The van der Waals surface area contributed by atoms with Crippen LogP contribution in [0.15, 0.2) is 35.3 Å². The van der Waals surface area contributed by atoms with Crippen LogP contribution in [0.4, 0.5) is 0 Å². The van der Waals surface area contributed by atoms with Crippen molar-refractivity contribution in [1.29, 1.82) is 0 Å². The van der Waals surface area contributed by atoms with Gasteiger partial charge in [-0.15, -0.1) is 0 Å². The summed E-state index contributed by atoms with van der Waals surface area (Å²) in [5.41, 5.74) is 0.0697. The molecule has 1 aromatic heterocycles. The van der Waals surface area contributed by atoms with E-state index in [0.29, 0.717) is 5.75 Å². The Morgan fingerprint density at radius 3 is 2.90 bits per heavy atom. The molecule has 0 aliphatic heterocycles. The molecule has 1 heterocycles. The summed E-state index contributed by atoms with van der Waals surface area (Å²) in [5, 5.41) is 8.73. The quantitative estimate of drug-likeness (QED) is 0.864. The zero-order chi connectivity index (χ0) is 14.5. The summed E-state index contributed by atoms with van der Waals surface area (Å²) in [7, 11) is 0. The lowest BCUT2D eigenvalue weighted by Crippen LogP contribution is -2.20. The van der Waals surface area contributed by atoms with E-state index in [2.05, 4.69) is 9.97 Å². The maximum absolute atomic E-state index is 11.5. The summed E-state index contributed by atoms with van der Waals surface area (Å²) in [6.07, 6.45) is 1.93. The summed E-state index contributed by atoms with van der Waals surface area (Å²) in [6, 6.07) is 7.60. The lowest BCUT2D eigenvalue weighted by Gasteiger charge is -2.07. The van der Waals surface area contributed by atoms with E-state index in [1.54, 1.807) is 0 Å². The van der Waals surface area contributed by atoms with Crippen LogP contribution < -0.4 is 10.3 Å². The molecule has 2 N–H and O–H groups in total. The Labute approximate surface area is 115 Å². The number of nitrogens with one attached hydrogen (secondary N) is 1. The van der Waals surface area contributed by atoms with E-state index in [9.17, 15) is 9.59 Å². The summed E-state index contributed by atoms with van der Waals surface area (Å²) < 4.78 is 5.51. The first-order chi connectivity index (χ1) is 9.60. The minimum absolute atomic E-state index is 0.0717. The van der Waals surface area contributed by atoms with Crippen LogP contribution in [0.5, 0.6) is 5.75 Å². The minimum atomic E-state index is -1.30. The molecule has 2 rings (SSSR count). The van der Waals surface area contributed by atoms with Crippen LogP contribution in [0, 0.1) is 0 Å². The van der Waals surface area contributed by atoms with Gasteiger partial charge in [-0.25, -0.2) is 9.78 Å². The largest absolute Gasteiger partial charge is 0.486 e. The fourth-order valence-corrected chi connectivity index (χ4v) is 1.66. The SMILES string of the molecule is CCc1cccc(OCc2ncc(C(=O)O)c(=O)[nH]2)c1. The van der Waals surface area contributed by atoms with Crippen molar-refractivity contribution in [2.24, 2.45) is 0 Å². The van der Waals surface area contributed by atoms with E-state index < -0.39 is 11.5 Å². The molecule has 6 heteroatoms. The number of hydrogen-bond acceptors (Lipinski definition) is 4. The summed E-state index contributed by atoms with van der Waals surface area (Å²) in [5.74, 6) is -0.349. The molecule has 20 heavy (non-hydrogen) atoms. The number of aromatic amines is 1. The van der Waals surface area contributed by atoms with Crippen molar-refractivity contribution >= 4 is 5.97 Å². The maximum Gasteiger partial charge on any atom is 0.342 e. The molecule has 2 aromatic rings. The average Bonchev–Trinajstić information content (AvgIpc) is 2.45. The molecule has 0 spiro atoms. The standard InChI is InChI=1S/C14H14N2O4/c1-2-9-4-3-5-10(6-9)20-8-12-15-7-11(14(18)19)13(17)16-12/h3-7H,2,8H2,1H3,(H,18,19)(H,15,16,17). The third-order valence-electron chi connectivity index (χ3n) is 2.76. The van der Waals surface area contributed by atoms with E-state index in [4.69, 9.17) is 9.84 Å². The number of aromatic carboxylic acids is 1. The third kappa shape index (κ3) is 3.23. The maximum atomic E-state index is 11.5. The highest BCUT2D eigenvalue weighted by atomic mass is 16.5. The monoisotopic (exact) mass is 274 g/mol. The smallest absolute Gasteiger partial charge is 0.342 e. The fraction of sp³-hybridized carbons (Fsp3) is 0.214. The molecule has 0 bridgehead atoms. The molecule has 0 aliphatic carbocycles. The average molecular weight is 274 g/mol. The molecule has 0 atom stereocenters. The van der Waals surface area contributed by atoms with Crippen LogP contribution >= 0.6 is 0 Å². The van der Waals surface area contributed by atoms with Gasteiger partial charge in [0.1, 0.15) is 23.7 Å². The van der Waals surface area contributed by atoms with Gasteiger partial charge in [0, 0.05) is 6.20 Å². The number of ether oxygens (including phenoxy) is 1. The van der Waals surface area contributed by atoms with Crippen molar-refractivity contribution < 1.29 is 14.6 Å². The Kier molecular flexibility index (Phi) is 4.14. The predicted molar refractivity (Wildman–Crippen MR) is 72.0 cm³/mol. The number of nitrogens with zero attached hydrogens (tertiary/aromatic N) is 1. The number of aryl methyl sites for hydroxylation is 1. The Bertz CT molecular complexity index is 679. The second kappa shape index (κ2) is 6.01. The zero-order valence-electron chi connectivity index (χ0n) is 10.9. The van der Waals surface area contributed by atoms with Crippen molar-refractivity contribution in [1.82, 2.24) is 9.97 Å². The topological polar surface area (TPSA) is 92.3 Å². The van der Waals surface area contributed by atoms with Gasteiger partial charge in [-0.05, 0) is 24.1 Å². The number of H-pyrrole nitrogens is 1. The van der Waals surface area contributed by atoms with Crippen LogP contribution in [0.2, 0.25) is 0 Å². The van der Waals surface area contributed by atoms with Crippen LogP contribution in [0.1, 0.15) is 28.7 Å². The summed E-state index contributed by atoms with van der Waals surface area (Å²) in [6.45, 7) is 2.12. The highest BCUT2D eigenvalue weighted by molar-refractivity contribution is 5.86. The molecular formula is C14H14N2O4. The zero-order valence-corrected chi connectivity index (χ0v) is 10.9. The van der Waals surface area contributed by atoms with Crippen molar-refractivity contribution in [3.63, 3.8) is 0 Å². The first-order valence-electron chi connectivity index (χ1n) is 6.13. The predicted octanol–water partition coefficient (Wildman–Crippen LogP) is 1.61. The molecule has 0 unspecified atom stereocenters. The Hall–Kier alpha value is -2.63. The molecule has 0 radical (unpaired) electrons. The van der Waals surface area contributed by atoms with Gasteiger partial charge in [-0.1, -0.05) is 19.1 Å². The third-order valence-corrected chi connectivity index (χ3v) is 2.76. The van der Waals surface area contributed by atoms with E-state index in [-0.39, 0.29) is 18.0 Å². The van der Waals surface area contributed by atoms with Crippen molar-refractivity contribution in [3.8, 4) is 5.75 Å². The molecule has 6 nitrogen and oxygen atoms in total. The normalized spacial score (nSPS) is 10.2. The van der Waals surface area contributed by atoms with Gasteiger partial charge in [-0.3, -0.25) is 4.79 Å². The molecule has 0 saturated carbocycles. The molecule has 0 saturated heterocycles. The minimum Gasteiger partial charge on any atom is -0.486 e. The van der Waals surface area contributed by atoms with Gasteiger partial charge in [-0.2, -0.15) is 0 Å². The van der Waals surface area contributed by atoms with E-state index in [1.807, 2.05) is 31.2 Å². The highest BCUT2D eigenvalue weighted by Gasteiger charge is 2.09. The number of carbonyl (C=O) groups is 1. The van der Waals surface area contributed by atoms with Crippen LogP contribution in [-0.4, -0.2) is 21.0 Å². The van der Waals surface area contributed by atoms with Crippen molar-refractivity contribution in [3.05, 3.63) is 57.8 Å². The van der Waals surface area contributed by atoms with Crippen LogP contribution in [-0.2, 0) is 13.0 Å². The molecule has 1 aromatic carbocycles. The lowest BCUT2D eigenvalue weighted by molar-refractivity contribution is 0.0694. The Morgan fingerprint density at radius 2 is 2.25 bits per heavy atom. The number of carboxylic acid groups (broad SMARTS) is 1. The van der Waals surface area contributed by atoms with Crippen molar-refractivity contribution in [2.45, 2.75) is 20.0 Å². The Morgan fingerprint density at radius 1 is 1.45 bits per heavy atom. The highest BCUT2D eigenvalue weighted by Crippen LogP contribution is 2.14. The van der Waals surface area contributed by atoms with Gasteiger partial charge in [0.25, 0.3) is 5.56 Å². The van der Waals surface area contributed by atoms with Gasteiger partial charge in [0.15, 0.2) is 0 Å². The fourth-order valence-electron chi connectivity index (χ4n) is 1.66. The van der Waals surface area contributed by atoms with E-state index in [0.717, 1.165) is 18.2 Å². The van der Waals surface area contributed by atoms with E-state index >= 15 is 0 Å². The number of aromatic nitrogens is 2. The summed E-state index contributed by atoms with van der Waals surface area (Å²) >= 11 is 0. The number of benzene rings is 1. The van der Waals surface area contributed by atoms with Crippen molar-refractivity contribution in [2.75, 3.05) is 0 Å². The molecule has 0 fully saturated rings. The first kappa shape index (κ1) is 13.8. The first-order valence-corrected chi connectivity index (χ1v) is 6.13. The van der Waals surface area contributed by atoms with Gasteiger partial charge >= 0.3 is 5.97 Å². The van der Waals surface area contributed by atoms with Gasteiger partial charge < -0.3 is 14.8 Å². The molecular weight excluding hydrogens is 260 g/mol. The second-order valence-electron chi connectivity index (χ2n) is 4.17. The molecule has 104 valence electrons. The van der Waals surface area contributed by atoms with Crippen LogP contribution in [0.3, 0.4) is 0 Å².